The lowest BCUT2D eigenvalue weighted by atomic mass is 9.99. The van der Waals surface area contributed by atoms with Gasteiger partial charge >= 0.3 is 0 Å². The molecule has 6 heteroatoms. The molecule has 1 aliphatic heterocycles. The van der Waals surface area contributed by atoms with Crippen molar-refractivity contribution in [3.63, 3.8) is 0 Å². The number of benzene rings is 2. The van der Waals surface area contributed by atoms with Gasteiger partial charge in [0.05, 0.1) is 12.5 Å². The number of nitrogens with one attached hydrogen (secondary N) is 3. The number of hydrogen-bond donors (Lipinski definition) is 3. The molecular formula is C23H30ClN3O2. The molecule has 2 atom stereocenters. The van der Waals surface area contributed by atoms with Crippen molar-refractivity contribution in [3.05, 3.63) is 71.3 Å². The first-order valence-corrected chi connectivity index (χ1v) is 10.0. The van der Waals surface area contributed by atoms with Crippen molar-refractivity contribution in [3.8, 4) is 0 Å². The molecule has 3 rings (SSSR count). The summed E-state index contributed by atoms with van der Waals surface area (Å²) in [5.41, 5.74) is 2.63. The number of rotatable bonds is 7. The van der Waals surface area contributed by atoms with E-state index in [2.05, 4.69) is 16.0 Å². The normalized spacial score (nSPS) is 16.9. The number of piperidine rings is 1. The average Bonchev–Trinajstić information content (AvgIpc) is 2.73. The Morgan fingerprint density at radius 1 is 1.10 bits per heavy atom. The van der Waals surface area contributed by atoms with Gasteiger partial charge in [-0.3, -0.25) is 9.59 Å². The van der Waals surface area contributed by atoms with Crippen molar-refractivity contribution < 1.29 is 9.59 Å². The Balaban J connectivity index is 0.00000300. The van der Waals surface area contributed by atoms with Gasteiger partial charge in [-0.15, -0.1) is 12.4 Å². The molecule has 2 unspecified atom stereocenters. The van der Waals surface area contributed by atoms with E-state index < -0.39 is 0 Å². The zero-order valence-electron chi connectivity index (χ0n) is 16.8. The van der Waals surface area contributed by atoms with E-state index in [4.69, 9.17) is 0 Å². The molecule has 1 saturated heterocycles. The summed E-state index contributed by atoms with van der Waals surface area (Å²) in [5.74, 6) is 0.275. The van der Waals surface area contributed by atoms with Crippen molar-refractivity contribution >= 4 is 24.2 Å². The van der Waals surface area contributed by atoms with Crippen LogP contribution in [0, 0.1) is 12.8 Å². The van der Waals surface area contributed by atoms with Crippen molar-refractivity contribution in [1.29, 1.82) is 0 Å². The van der Waals surface area contributed by atoms with E-state index in [1.165, 1.54) is 0 Å². The molecule has 0 aliphatic carbocycles. The SMILES string of the molecule is Cc1ccc(C(=O)NC(CC(=O)NCC2CCCNC2)c2ccccc2)cc1.Cl. The quantitative estimate of drug-likeness (QED) is 0.649. The summed E-state index contributed by atoms with van der Waals surface area (Å²) < 4.78 is 0. The van der Waals surface area contributed by atoms with Gasteiger partial charge in [-0.25, -0.2) is 0 Å². The molecule has 2 amide bonds. The lowest BCUT2D eigenvalue weighted by molar-refractivity contribution is -0.121. The molecule has 1 aliphatic rings. The van der Waals surface area contributed by atoms with Crippen LogP contribution >= 0.6 is 12.4 Å². The molecule has 29 heavy (non-hydrogen) atoms. The monoisotopic (exact) mass is 415 g/mol. The number of carbonyl (C=O) groups excluding carboxylic acids is 2. The lowest BCUT2D eigenvalue weighted by Crippen LogP contribution is -2.39. The second-order valence-corrected chi connectivity index (χ2v) is 7.52. The summed E-state index contributed by atoms with van der Waals surface area (Å²) in [7, 11) is 0. The molecule has 0 bridgehead atoms. The number of hydrogen-bond acceptors (Lipinski definition) is 3. The number of halogens is 1. The standard InChI is InChI=1S/C23H29N3O2.ClH/c1-17-9-11-20(12-10-17)23(28)26-21(19-7-3-2-4-8-19)14-22(27)25-16-18-6-5-13-24-15-18;/h2-4,7-12,18,21,24H,5-6,13-16H2,1H3,(H,25,27)(H,26,28);1H. The third-order valence-electron chi connectivity index (χ3n) is 5.20. The summed E-state index contributed by atoms with van der Waals surface area (Å²) >= 11 is 0. The molecular weight excluding hydrogens is 386 g/mol. The van der Waals surface area contributed by atoms with Crippen LogP contribution in [0.25, 0.3) is 0 Å². The maximum atomic E-state index is 12.7. The molecule has 1 heterocycles. The summed E-state index contributed by atoms with van der Waals surface area (Å²) in [6.07, 6.45) is 2.51. The molecule has 3 N–H and O–H groups in total. The van der Waals surface area contributed by atoms with Crippen LogP contribution in [-0.2, 0) is 4.79 Å². The topological polar surface area (TPSA) is 70.2 Å². The molecule has 5 nitrogen and oxygen atoms in total. The average molecular weight is 416 g/mol. The van der Waals surface area contributed by atoms with E-state index >= 15 is 0 Å². The Labute approximate surface area is 179 Å². The first-order valence-electron chi connectivity index (χ1n) is 10.0. The van der Waals surface area contributed by atoms with Gasteiger partial charge in [-0.05, 0) is 56.5 Å². The van der Waals surface area contributed by atoms with Gasteiger partial charge in [-0.1, -0.05) is 48.0 Å². The minimum atomic E-state index is -0.362. The van der Waals surface area contributed by atoms with E-state index in [0.29, 0.717) is 18.0 Å². The van der Waals surface area contributed by atoms with Gasteiger partial charge in [0.15, 0.2) is 0 Å². The van der Waals surface area contributed by atoms with Crippen LogP contribution < -0.4 is 16.0 Å². The summed E-state index contributed by atoms with van der Waals surface area (Å²) in [4.78, 5) is 25.2. The zero-order valence-corrected chi connectivity index (χ0v) is 17.6. The first-order chi connectivity index (χ1) is 13.6. The lowest BCUT2D eigenvalue weighted by Gasteiger charge is -2.24. The maximum Gasteiger partial charge on any atom is 0.251 e. The third kappa shape index (κ3) is 7.18. The minimum absolute atomic E-state index is 0. The minimum Gasteiger partial charge on any atom is -0.356 e. The highest BCUT2D eigenvalue weighted by Crippen LogP contribution is 2.18. The van der Waals surface area contributed by atoms with Gasteiger partial charge < -0.3 is 16.0 Å². The number of carbonyl (C=O) groups is 2. The summed E-state index contributed by atoms with van der Waals surface area (Å²) in [6, 6.07) is 16.7. The van der Waals surface area contributed by atoms with E-state index in [1.807, 2.05) is 61.5 Å². The highest BCUT2D eigenvalue weighted by molar-refractivity contribution is 5.94. The van der Waals surface area contributed by atoms with Gasteiger partial charge in [-0.2, -0.15) is 0 Å². The van der Waals surface area contributed by atoms with Crippen molar-refractivity contribution in [2.24, 2.45) is 5.92 Å². The van der Waals surface area contributed by atoms with Crippen LogP contribution in [0.2, 0.25) is 0 Å². The highest BCUT2D eigenvalue weighted by atomic mass is 35.5. The summed E-state index contributed by atoms with van der Waals surface area (Å²) in [6.45, 7) is 4.68. The van der Waals surface area contributed by atoms with Gasteiger partial charge in [0.25, 0.3) is 5.91 Å². The predicted molar refractivity (Wildman–Crippen MR) is 118 cm³/mol. The van der Waals surface area contributed by atoms with Crippen molar-refractivity contribution in [2.75, 3.05) is 19.6 Å². The number of amides is 2. The molecule has 1 fully saturated rings. The Hall–Kier alpha value is -2.37. The predicted octanol–water partition coefficient (Wildman–Crippen LogP) is 3.39. The van der Waals surface area contributed by atoms with Crippen molar-refractivity contribution in [1.82, 2.24) is 16.0 Å². The van der Waals surface area contributed by atoms with Crippen LogP contribution in [0.3, 0.4) is 0 Å². The third-order valence-corrected chi connectivity index (χ3v) is 5.20. The van der Waals surface area contributed by atoms with Crippen molar-refractivity contribution in [2.45, 2.75) is 32.2 Å². The van der Waals surface area contributed by atoms with Gasteiger partial charge in [0.1, 0.15) is 0 Å². The molecule has 156 valence electrons. The maximum absolute atomic E-state index is 12.7. The van der Waals surface area contributed by atoms with E-state index in [0.717, 1.165) is 37.1 Å². The highest BCUT2D eigenvalue weighted by Gasteiger charge is 2.20. The fourth-order valence-electron chi connectivity index (χ4n) is 3.50. The van der Waals surface area contributed by atoms with Crippen LogP contribution in [0.15, 0.2) is 54.6 Å². The zero-order chi connectivity index (χ0) is 19.8. The molecule has 0 saturated carbocycles. The molecule has 2 aromatic carbocycles. The Kier molecular flexibility index (Phi) is 9.16. The van der Waals surface area contributed by atoms with E-state index in [1.54, 1.807) is 0 Å². The second kappa shape index (κ2) is 11.6. The van der Waals surface area contributed by atoms with Gasteiger partial charge in [0, 0.05) is 12.1 Å². The fraction of sp³-hybridized carbons (Fsp3) is 0.391. The Bertz CT molecular complexity index is 774. The fourth-order valence-corrected chi connectivity index (χ4v) is 3.50. The Morgan fingerprint density at radius 2 is 1.83 bits per heavy atom. The second-order valence-electron chi connectivity index (χ2n) is 7.52. The summed E-state index contributed by atoms with van der Waals surface area (Å²) in [5, 5.41) is 9.43. The van der Waals surface area contributed by atoms with Crippen LogP contribution in [0.1, 0.15) is 46.8 Å². The van der Waals surface area contributed by atoms with E-state index in [-0.39, 0.29) is 36.7 Å². The molecule has 0 spiro atoms. The van der Waals surface area contributed by atoms with Gasteiger partial charge in [0.2, 0.25) is 5.91 Å². The Morgan fingerprint density at radius 3 is 2.48 bits per heavy atom. The van der Waals surface area contributed by atoms with Crippen LogP contribution in [-0.4, -0.2) is 31.4 Å². The largest absolute Gasteiger partial charge is 0.356 e. The van der Waals surface area contributed by atoms with E-state index in [9.17, 15) is 9.59 Å². The molecule has 2 aromatic rings. The van der Waals surface area contributed by atoms with Crippen LogP contribution in [0.5, 0.6) is 0 Å². The smallest absolute Gasteiger partial charge is 0.251 e. The first kappa shape index (κ1) is 22.9. The molecule has 0 aromatic heterocycles. The number of aryl methyl sites for hydroxylation is 1. The molecule has 0 radical (unpaired) electrons. The van der Waals surface area contributed by atoms with Crippen LogP contribution in [0.4, 0.5) is 0 Å².